The third-order valence-corrected chi connectivity index (χ3v) is 6.35. The molecule has 3 aromatic rings. The van der Waals surface area contributed by atoms with E-state index in [0.29, 0.717) is 61.6 Å². The van der Waals surface area contributed by atoms with E-state index in [2.05, 4.69) is 20.1 Å². The van der Waals surface area contributed by atoms with Crippen LogP contribution in [0.15, 0.2) is 18.3 Å². The van der Waals surface area contributed by atoms with E-state index in [1.165, 1.54) is 0 Å². The summed E-state index contributed by atoms with van der Waals surface area (Å²) in [5.41, 5.74) is 3.04. The topological polar surface area (TPSA) is 126 Å². The lowest BCUT2D eigenvalue weighted by Crippen LogP contribution is -2.34. The number of ether oxygens (including phenoxy) is 5. The zero-order chi connectivity index (χ0) is 23.5. The minimum atomic E-state index is -0.628. The van der Waals surface area contributed by atoms with Crippen molar-refractivity contribution in [1.29, 1.82) is 0 Å². The minimum absolute atomic E-state index is 0.246. The first-order valence-electron chi connectivity index (χ1n) is 11.3. The fraction of sp³-hybridized carbons (Fsp3) is 0.591. The molecule has 0 saturated carbocycles. The summed E-state index contributed by atoms with van der Waals surface area (Å²) in [4.78, 5) is 12.2. The minimum Gasteiger partial charge on any atom is -0.456 e. The van der Waals surface area contributed by atoms with Gasteiger partial charge in [0.25, 0.3) is 6.01 Å². The summed E-state index contributed by atoms with van der Waals surface area (Å²) in [6, 6.07) is 4.12. The van der Waals surface area contributed by atoms with E-state index in [1.54, 1.807) is 13.3 Å². The average Bonchev–Trinajstić information content (AvgIpc) is 3.59. The number of hydrogen-bond acceptors (Lipinski definition) is 9. The summed E-state index contributed by atoms with van der Waals surface area (Å²) in [6.07, 6.45) is 1.49. The van der Waals surface area contributed by atoms with Gasteiger partial charge in [-0.15, -0.1) is 0 Å². The molecular weight excluding hydrogens is 466 g/mol. The van der Waals surface area contributed by atoms with Crippen LogP contribution >= 0.6 is 11.6 Å². The molecule has 4 atom stereocenters. The lowest BCUT2D eigenvalue weighted by molar-refractivity contribution is 0.00706. The molecule has 2 N–H and O–H groups in total. The van der Waals surface area contributed by atoms with Crippen molar-refractivity contribution >= 4 is 22.8 Å². The maximum atomic E-state index is 9.90. The van der Waals surface area contributed by atoms with E-state index in [0.717, 1.165) is 17.8 Å². The molecule has 0 amide bonds. The fourth-order valence-corrected chi connectivity index (χ4v) is 4.51. The van der Waals surface area contributed by atoms with Crippen molar-refractivity contribution in [2.45, 2.75) is 43.8 Å². The number of aromatic nitrogens is 5. The van der Waals surface area contributed by atoms with Crippen LogP contribution in [-0.2, 0) is 38.3 Å². The monoisotopic (exact) mass is 493 g/mol. The molecule has 0 aliphatic carbocycles. The molecule has 0 aromatic carbocycles. The summed E-state index contributed by atoms with van der Waals surface area (Å²) in [5, 5.41) is 14.8. The Bertz CT molecular complexity index is 1110. The molecule has 0 bridgehead atoms. The molecule has 2 aliphatic heterocycles. The normalized spacial score (nSPS) is 24.2. The Kier molecular flexibility index (Phi) is 7.28. The number of aryl methyl sites for hydroxylation is 2. The van der Waals surface area contributed by atoms with Gasteiger partial charge in [-0.3, -0.25) is 4.68 Å². The van der Waals surface area contributed by atoms with Gasteiger partial charge in [-0.1, -0.05) is 11.6 Å². The van der Waals surface area contributed by atoms with Crippen LogP contribution in [-0.4, -0.2) is 94.4 Å². The molecule has 0 unspecified atom stereocenters. The van der Waals surface area contributed by atoms with Crippen LogP contribution in [0.5, 0.6) is 6.01 Å². The van der Waals surface area contributed by atoms with Gasteiger partial charge in [0.2, 0.25) is 0 Å². The Morgan fingerprint density at radius 2 is 2.06 bits per heavy atom. The van der Waals surface area contributed by atoms with Crippen LogP contribution in [0, 0.1) is 0 Å². The Balaban J connectivity index is 1.21. The van der Waals surface area contributed by atoms with E-state index in [9.17, 15) is 5.11 Å². The van der Waals surface area contributed by atoms with Crippen molar-refractivity contribution < 1.29 is 28.8 Å². The van der Waals surface area contributed by atoms with E-state index >= 15 is 0 Å². The zero-order valence-electron chi connectivity index (χ0n) is 18.9. The molecule has 2 saturated heterocycles. The van der Waals surface area contributed by atoms with Crippen LogP contribution in [0.2, 0.25) is 5.02 Å². The third kappa shape index (κ3) is 5.04. The molecule has 184 valence electrons. The fourth-order valence-electron chi connectivity index (χ4n) is 4.27. The van der Waals surface area contributed by atoms with E-state index in [1.807, 2.05) is 16.8 Å². The van der Waals surface area contributed by atoms with Crippen LogP contribution in [0.1, 0.15) is 11.4 Å². The predicted molar refractivity (Wildman–Crippen MR) is 121 cm³/mol. The third-order valence-electron chi connectivity index (χ3n) is 6.02. The smallest absolute Gasteiger partial charge is 0.296 e. The lowest BCUT2D eigenvalue weighted by Gasteiger charge is -2.15. The maximum absolute atomic E-state index is 9.90. The zero-order valence-corrected chi connectivity index (χ0v) is 19.6. The second kappa shape index (κ2) is 10.5. The molecule has 0 radical (unpaired) electrons. The highest BCUT2D eigenvalue weighted by Gasteiger charge is 2.48. The van der Waals surface area contributed by atoms with Crippen molar-refractivity contribution in [2.24, 2.45) is 0 Å². The van der Waals surface area contributed by atoms with Gasteiger partial charge in [0.1, 0.15) is 18.3 Å². The summed E-state index contributed by atoms with van der Waals surface area (Å²) in [5.74, 6) is 0. The van der Waals surface area contributed by atoms with Gasteiger partial charge in [0, 0.05) is 19.0 Å². The van der Waals surface area contributed by atoms with E-state index in [-0.39, 0.29) is 24.9 Å². The predicted octanol–water partition coefficient (Wildman–Crippen LogP) is 1.16. The number of imidazole rings is 1. The Hall–Kier alpha value is -2.28. The van der Waals surface area contributed by atoms with Crippen LogP contribution in [0.25, 0.3) is 11.2 Å². The number of H-pyrrole nitrogens is 1. The average molecular weight is 494 g/mol. The first kappa shape index (κ1) is 23.5. The molecule has 2 fully saturated rings. The number of fused-ring (bicyclic) bond motifs is 2. The molecule has 12 heteroatoms. The van der Waals surface area contributed by atoms with Crippen molar-refractivity contribution in [1.82, 2.24) is 24.7 Å². The second-order valence-corrected chi connectivity index (χ2v) is 8.71. The SMILES string of the molecule is COCCOCCn1nccc1CCc1nc2nc(O[C@@H]3CO[C@H]4[C@@H]3OC[C@H]4O)[nH]c2cc1Cl. The molecule has 11 nitrogen and oxygen atoms in total. The van der Waals surface area contributed by atoms with Gasteiger partial charge < -0.3 is 33.8 Å². The molecular formula is C22H28ClN5O6. The summed E-state index contributed by atoms with van der Waals surface area (Å²) in [7, 11) is 1.65. The number of nitrogens with zero attached hydrogens (tertiary/aromatic N) is 4. The highest BCUT2D eigenvalue weighted by Crippen LogP contribution is 2.30. The number of aliphatic hydroxyl groups excluding tert-OH is 1. The van der Waals surface area contributed by atoms with E-state index < -0.39 is 6.10 Å². The molecule has 0 spiro atoms. The Morgan fingerprint density at radius 3 is 2.94 bits per heavy atom. The van der Waals surface area contributed by atoms with Gasteiger partial charge >= 0.3 is 0 Å². The van der Waals surface area contributed by atoms with Crippen LogP contribution in [0.3, 0.4) is 0 Å². The summed E-state index contributed by atoms with van der Waals surface area (Å²) >= 11 is 6.51. The van der Waals surface area contributed by atoms with E-state index in [4.69, 9.17) is 35.3 Å². The van der Waals surface area contributed by atoms with Gasteiger partial charge in [-0.25, -0.2) is 4.98 Å². The van der Waals surface area contributed by atoms with Crippen molar-refractivity contribution in [3.63, 3.8) is 0 Å². The molecule has 2 aliphatic rings. The van der Waals surface area contributed by atoms with Gasteiger partial charge in [-0.05, 0) is 25.0 Å². The standard InChI is InChI=1S/C22H28ClN5O6/c1-30-8-9-31-7-6-28-13(4-5-24-28)2-3-15-14(23)10-16-21(25-15)27-22(26-16)34-18-12-33-19-17(29)11-32-20(18)19/h4-5,10,17-20,29H,2-3,6-9,11-12H2,1H3,(H,25,26,27)/t17-,18-,19-,20-/m1/s1. The lowest BCUT2D eigenvalue weighted by atomic mass is 10.1. The highest BCUT2D eigenvalue weighted by molar-refractivity contribution is 6.31. The first-order valence-corrected chi connectivity index (χ1v) is 11.7. The van der Waals surface area contributed by atoms with Crippen molar-refractivity contribution in [3.05, 3.63) is 34.7 Å². The molecule has 34 heavy (non-hydrogen) atoms. The number of hydrogen-bond donors (Lipinski definition) is 2. The Morgan fingerprint density at radius 1 is 1.18 bits per heavy atom. The molecule has 5 rings (SSSR count). The molecule has 3 aromatic heterocycles. The Labute approximate surface area is 201 Å². The number of methoxy groups -OCH3 is 1. The van der Waals surface area contributed by atoms with Crippen LogP contribution in [0.4, 0.5) is 0 Å². The number of rotatable bonds is 11. The number of pyridine rings is 1. The second-order valence-electron chi connectivity index (χ2n) is 8.30. The maximum Gasteiger partial charge on any atom is 0.296 e. The quantitative estimate of drug-likeness (QED) is 0.378. The van der Waals surface area contributed by atoms with Gasteiger partial charge in [-0.2, -0.15) is 10.1 Å². The summed E-state index contributed by atoms with van der Waals surface area (Å²) < 4.78 is 29.6. The number of aliphatic hydroxyl groups is 1. The number of aromatic amines is 1. The number of halogens is 1. The first-order chi connectivity index (χ1) is 16.6. The number of nitrogens with one attached hydrogen (secondary N) is 1. The van der Waals surface area contributed by atoms with Crippen molar-refractivity contribution in [2.75, 3.05) is 40.1 Å². The van der Waals surface area contributed by atoms with Crippen LogP contribution < -0.4 is 4.74 Å². The molecule has 5 heterocycles. The summed E-state index contributed by atoms with van der Waals surface area (Å²) in [6.45, 7) is 2.94. The largest absolute Gasteiger partial charge is 0.456 e. The van der Waals surface area contributed by atoms with Gasteiger partial charge in [0.15, 0.2) is 11.8 Å². The highest BCUT2D eigenvalue weighted by atomic mass is 35.5. The van der Waals surface area contributed by atoms with Gasteiger partial charge in [0.05, 0.1) is 55.8 Å². The van der Waals surface area contributed by atoms with Crippen molar-refractivity contribution in [3.8, 4) is 6.01 Å².